The van der Waals surface area contributed by atoms with Gasteiger partial charge in [0.15, 0.2) is 0 Å². The zero-order chi connectivity index (χ0) is 20.9. The lowest BCUT2D eigenvalue weighted by molar-refractivity contribution is -0.249. The van der Waals surface area contributed by atoms with Crippen LogP contribution in [0.5, 0.6) is 11.5 Å². The van der Waals surface area contributed by atoms with Crippen molar-refractivity contribution in [1.29, 1.82) is 0 Å². The molecule has 0 aromatic heterocycles. The quantitative estimate of drug-likeness (QED) is 0.208. The van der Waals surface area contributed by atoms with Crippen molar-refractivity contribution in [3.63, 3.8) is 0 Å². The fourth-order valence-corrected chi connectivity index (χ4v) is 2.98. The van der Waals surface area contributed by atoms with Gasteiger partial charge in [-0.1, -0.05) is 24.3 Å². The minimum atomic E-state index is 0.134. The minimum Gasteiger partial charge on any atom is -0.493 e. The maximum absolute atomic E-state index is 8.33. The third kappa shape index (κ3) is 7.06. The molecular formula is C24H30O5. The first kappa shape index (κ1) is 22.7. The van der Waals surface area contributed by atoms with Crippen LogP contribution in [0.15, 0.2) is 61.7 Å². The van der Waals surface area contributed by atoms with Crippen LogP contribution in [0.4, 0.5) is 0 Å². The monoisotopic (exact) mass is 398 g/mol. The van der Waals surface area contributed by atoms with Crippen LogP contribution in [0.25, 0.3) is 11.1 Å². The lowest BCUT2D eigenvalue weighted by atomic mass is 9.97. The molecule has 0 unspecified atom stereocenters. The van der Waals surface area contributed by atoms with Gasteiger partial charge < -0.3 is 14.2 Å². The predicted molar refractivity (Wildman–Crippen MR) is 116 cm³/mol. The molecule has 29 heavy (non-hydrogen) atoms. The highest BCUT2D eigenvalue weighted by atomic mass is 17.1. The summed E-state index contributed by atoms with van der Waals surface area (Å²) in [6.45, 7) is 11.5. The van der Waals surface area contributed by atoms with E-state index in [-0.39, 0.29) is 6.61 Å². The second-order valence-corrected chi connectivity index (χ2v) is 6.37. The maximum atomic E-state index is 8.33. The third-order valence-electron chi connectivity index (χ3n) is 4.24. The van der Waals surface area contributed by atoms with Crippen molar-refractivity contribution in [2.75, 3.05) is 33.0 Å². The van der Waals surface area contributed by atoms with Crippen LogP contribution < -0.4 is 9.47 Å². The molecule has 2 aromatic carbocycles. The van der Waals surface area contributed by atoms with Crippen molar-refractivity contribution in [3.8, 4) is 22.6 Å². The summed E-state index contributed by atoms with van der Waals surface area (Å²) in [6.07, 6.45) is 5.32. The summed E-state index contributed by atoms with van der Waals surface area (Å²) >= 11 is 0. The molecule has 0 radical (unpaired) electrons. The number of hydrogen-bond acceptors (Lipinski definition) is 5. The Morgan fingerprint density at radius 3 is 1.86 bits per heavy atom. The summed E-state index contributed by atoms with van der Waals surface area (Å²) in [7, 11) is 0. The van der Waals surface area contributed by atoms with Crippen molar-refractivity contribution >= 4 is 0 Å². The first-order valence-corrected chi connectivity index (χ1v) is 9.81. The van der Waals surface area contributed by atoms with E-state index in [0.717, 1.165) is 46.6 Å². The van der Waals surface area contributed by atoms with E-state index in [9.17, 15) is 0 Å². The van der Waals surface area contributed by atoms with Gasteiger partial charge >= 0.3 is 0 Å². The fraction of sp³-hybridized carbons (Fsp3) is 0.333. The number of rotatable bonds is 14. The molecule has 0 heterocycles. The Hall–Kier alpha value is -2.60. The number of hydrogen-bond donors (Lipinski definition) is 1. The van der Waals surface area contributed by atoms with E-state index in [1.165, 1.54) is 0 Å². The number of ether oxygens (including phenoxy) is 3. The van der Waals surface area contributed by atoms with E-state index in [1.54, 1.807) is 0 Å². The van der Waals surface area contributed by atoms with Crippen LogP contribution in [0.1, 0.15) is 18.1 Å². The Bertz CT molecular complexity index is 785. The lowest BCUT2D eigenvalue weighted by Gasteiger charge is -2.17. The summed E-state index contributed by atoms with van der Waals surface area (Å²) < 4.78 is 17.3. The Morgan fingerprint density at radius 2 is 1.34 bits per heavy atom. The van der Waals surface area contributed by atoms with Crippen molar-refractivity contribution in [2.24, 2.45) is 0 Å². The van der Waals surface area contributed by atoms with E-state index in [1.807, 2.05) is 37.3 Å². The van der Waals surface area contributed by atoms with Crippen LogP contribution in [-0.4, -0.2) is 38.3 Å². The van der Waals surface area contributed by atoms with Crippen LogP contribution in [0.3, 0.4) is 0 Å². The first-order chi connectivity index (χ1) is 14.2. The largest absolute Gasteiger partial charge is 0.493 e. The molecule has 0 aliphatic rings. The summed E-state index contributed by atoms with van der Waals surface area (Å²) in [4.78, 5) is 3.99. The van der Waals surface area contributed by atoms with Crippen molar-refractivity contribution < 1.29 is 24.4 Å². The van der Waals surface area contributed by atoms with E-state index in [0.29, 0.717) is 26.4 Å². The molecule has 0 fully saturated rings. The van der Waals surface area contributed by atoms with Gasteiger partial charge in [0.25, 0.3) is 0 Å². The average Bonchev–Trinajstić information content (AvgIpc) is 2.73. The predicted octanol–water partition coefficient (Wildman–Crippen LogP) is 5.09. The van der Waals surface area contributed by atoms with Gasteiger partial charge in [-0.2, -0.15) is 0 Å². The topological polar surface area (TPSA) is 57.2 Å². The van der Waals surface area contributed by atoms with Gasteiger partial charge in [-0.3, -0.25) is 5.26 Å². The number of benzene rings is 2. The second kappa shape index (κ2) is 12.8. The zero-order valence-electron chi connectivity index (χ0n) is 17.1. The Kier molecular flexibility index (Phi) is 10.00. The molecule has 2 rings (SSSR count). The summed E-state index contributed by atoms with van der Waals surface area (Å²) in [5.74, 6) is 1.58. The van der Waals surface area contributed by atoms with Gasteiger partial charge in [0.2, 0.25) is 0 Å². The highest BCUT2D eigenvalue weighted by Crippen LogP contribution is 2.38. The molecule has 0 saturated heterocycles. The SMILES string of the molecule is C=CCc1ccc(OCC)c(-c2cc(CC=C)ccc2OCCOCCOO)c1. The standard InChI is InChI=1S/C24H30O5/c1-4-7-19-9-11-23(27-6-3)21(17-19)22-18-20(8-5-2)10-12-24(22)28-15-13-26-14-16-29-25/h4-5,9-12,17-18,25H,1-2,6-8,13-16H2,3H3. The molecule has 1 N–H and O–H groups in total. The molecule has 0 bridgehead atoms. The van der Waals surface area contributed by atoms with E-state index < -0.39 is 0 Å². The van der Waals surface area contributed by atoms with Crippen LogP contribution in [0, 0.1) is 0 Å². The summed E-state index contributed by atoms with van der Waals surface area (Å²) in [6, 6.07) is 12.3. The third-order valence-corrected chi connectivity index (χ3v) is 4.24. The molecular weight excluding hydrogens is 368 g/mol. The van der Waals surface area contributed by atoms with Crippen molar-refractivity contribution in [1.82, 2.24) is 0 Å². The highest BCUT2D eigenvalue weighted by molar-refractivity contribution is 5.77. The second-order valence-electron chi connectivity index (χ2n) is 6.37. The molecule has 0 saturated carbocycles. The van der Waals surface area contributed by atoms with Crippen molar-refractivity contribution in [3.05, 3.63) is 72.8 Å². The van der Waals surface area contributed by atoms with Gasteiger partial charge in [-0.25, -0.2) is 4.89 Å². The molecule has 5 heteroatoms. The molecule has 0 atom stereocenters. The maximum Gasteiger partial charge on any atom is 0.127 e. The number of allylic oxidation sites excluding steroid dienone is 2. The molecule has 0 spiro atoms. The average molecular weight is 398 g/mol. The lowest BCUT2D eigenvalue weighted by Crippen LogP contribution is -2.10. The Labute approximate surface area is 173 Å². The van der Waals surface area contributed by atoms with Gasteiger partial charge in [0.05, 0.1) is 19.8 Å². The first-order valence-electron chi connectivity index (χ1n) is 9.81. The Balaban J connectivity index is 2.34. The minimum absolute atomic E-state index is 0.134. The molecule has 5 nitrogen and oxygen atoms in total. The van der Waals surface area contributed by atoms with Crippen molar-refractivity contribution in [2.45, 2.75) is 19.8 Å². The molecule has 156 valence electrons. The fourth-order valence-electron chi connectivity index (χ4n) is 2.98. The van der Waals surface area contributed by atoms with Crippen LogP contribution >= 0.6 is 0 Å². The zero-order valence-corrected chi connectivity index (χ0v) is 17.1. The van der Waals surface area contributed by atoms with E-state index in [2.05, 4.69) is 36.2 Å². The molecule has 0 aliphatic heterocycles. The van der Waals surface area contributed by atoms with Gasteiger partial charge in [-0.05, 0) is 55.2 Å². The molecule has 0 amide bonds. The van der Waals surface area contributed by atoms with Gasteiger partial charge in [0, 0.05) is 11.1 Å². The summed E-state index contributed by atoms with van der Waals surface area (Å²) in [5, 5.41) is 8.33. The van der Waals surface area contributed by atoms with Crippen LogP contribution in [0.2, 0.25) is 0 Å². The van der Waals surface area contributed by atoms with Gasteiger partial charge in [0.1, 0.15) is 24.7 Å². The molecule has 2 aromatic rings. The Morgan fingerprint density at radius 1 is 0.793 bits per heavy atom. The van der Waals surface area contributed by atoms with E-state index in [4.69, 9.17) is 19.5 Å². The van der Waals surface area contributed by atoms with E-state index >= 15 is 0 Å². The molecule has 0 aliphatic carbocycles. The van der Waals surface area contributed by atoms with Crippen LogP contribution in [-0.2, 0) is 22.5 Å². The normalized spacial score (nSPS) is 10.6. The van der Waals surface area contributed by atoms with Gasteiger partial charge in [-0.15, -0.1) is 13.2 Å². The summed E-state index contributed by atoms with van der Waals surface area (Å²) in [5.41, 5.74) is 4.26. The smallest absolute Gasteiger partial charge is 0.127 e. The highest BCUT2D eigenvalue weighted by Gasteiger charge is 2.14.